The van der Waals surface area contributed by atoms with Gasteiger partial charge < -0.3 is 10.2 Å². The molecule has 0 aliphatic carbocycles. The van der Waals surface area contributed by atoms with Gasteiger partial charge in [0.1, 0.15) is 5.82 Å². The Bertz CT molecular complexity index is 653. The normalized spacial score (nSPS) is 12.0. The lowest BCUT2D eigenvalue weighted by Crippen LogP contribution is -2.38. The van der Waals surface area contributed by atoms with Gasteiger partial charge in [-0.25, -0.2) is 17.1 Å². The molecule has 0 saturated carbocycles. The molecule has 0 spiro atoms. The van der Waals surface area contributed by atoms with Crippen LogP contribution in [0, 0.1) is 5.82 Å². The second-order valence-corrected chi connectivity index (χ2v) is 8.16. The SMILES string of the molecule is CCNC(=NCCCN(C)S(=O)(=O)CC)N(C)Cc1ccc(F)cc1.I. The van der Waals surface area contributed by atoms with Crippen LogP contribution < -0.4 is 5.32 Å². The minimum atomic E-state index is -3.14. The highest BCUT2D eigenvalue weighted by Gasteiger charge is 2.14. The first kappa shape index (κ1) is 25.1. The summed E-state index contributed by atoms with van der Waals surface area (Å²) in [6, 6.07) is 6.38. The average molecular weight is 500 g/mol. The van der Waals surface area contributed by atoms with Gasteiger partial charge in [0.15, 0.2) is 5.96 Å². The Morgan fingerprint density at radius 2 is 1.81 bits per heavy atom. The number of hydrogen-bond donors (Lipinski definition) is 1. The minimum Gasteiger partial charge on any atom is -0.357 e. The molecule has 0 heterocycles. The molecule has 9 heteroatoms. The zero-order chi connectivity index (χ0) is 18.9. The third-order valence-corrected chi connectivity index (χ3v) is 5.62. The predicted molar refractivity (Wildman–Crippen MR) is 116 cm³/mol. The zero-order valence-corrected chi connectivity index (χ0v) is 19.1. The van der Waals surface area contributed by atoms with E-state index in [9.17, 15) is 12.8 Å². The Morgan fingerprint density at radius 1 is 1.19 bits per heavy atom. The van der Waals surface area contributed by atoms with Gasteiger partial charge >= 0.3 is 0 Å². The lowest BCUT2D eigenvalue weighted by molar-refractivity contribution is 0.458. The number of aliphatic imine (C=N–C) groups is 1. The number of nitrogens with zero attached hydrogens (tertiary/aromatic N) is 3. The van der Waals surface area contributed by atoms with E-state index in [2.05, 4.69) is 10.3 Å². The van der Waals surface area contributed by atoms with Gasteiger partial charge in [0, 0.05) is 40.3 Å². The van der Waals surface area contributed by atoms with Gasteiger partial charge in [-0.3, -0.25) is 4.99 Å². The van der Waals surface area contributed by atoms with Crippen LogP contribution in [0.4, 0.5) is 4.39 Å². The van der Waals surface area contributed by atoms with Crippen molar-refractivity contribution in [3.63, 3.8) is 0 Å². The number of rotatable bonds is 9. The molecule has 0 aromatic heterocycles. The first-order chi connectivity index (χ1) is 11.8. The summed E-state index contributed by atoms with van der Waals surface area (Å²) in [7, 11) is 0.365. The van der Waals surface area contributed by atoms with Crippen molar-refractivity contribution >= 4 is 40.0 Å². The molecule has 0 aliphatic heterocycles. The van der Waals surface area contributed by atoms with Crippen molar-refractivity contribution in [1.29, 1.82) is 0 Å². The molecule has 0 unspecified atom stereocenters. The summed E-state index contributed by atoms with van der Waals surface area (Å²) >= 11 is 0. The van der Waals surface area contributed by atoms with Crippen molar-refractivity contribution in [2.24, 2.45) is 4.99 Å². The summed E-state index contributed by atoms with van der Waals surface area (Å²) < 4.78 is 37.8. The quantitative estimate of drug-likeness (QED) is 0.245. The Balaban J connectivity index is 0.00000625. The predicted octanol–water partition coefficient (Wildman–Crippen LogP) is 2.51. The highest BCUT2D eigenvalue weighted by Crippen LogP contribution is 2.06. The molecule has 0 radical (unpaired) electrons. The minimum absolute atomic E-state index is 0. The van der Waals surface area contributed by atoms with Gasteiger partial charge in [-0.2, -0.15) is 0 Å². The molecule has 1 aromatic carbocycles. The van der Waals surface area contributed by atoms with Crippen molar-refractivity contribution in [1.82, 2.24) is 14.5 Å². The van der Waals surface area contributed by atoms with Crippen molar-refractivity contribution < 1.29 is 12.8 Å². The van der Waals surface area contributed by atoms with E-state index in [1.54, 1.807) is 26.1 Å². The molecular weight excluding hydrogens is 470 g/mol. The summed E-state index contributed by atoms with van der Waals surface area (Å²) in [5.41, 5.74) is 0.989. The van der Waals surface area contributed by atoms with E-state index in [-0.39, 0.29) is 35.5 Å². The van der Waals surface area contributed by atoms with Crippen LogP contribution in [-0.4, -0.2) is 63.1 Å². The van der Waals surface area contributed by atoms with Crippen LogP contribution >= 0.6 is 24.0 Å². The molecule has 0 bridgehead atoms. The van der Waals surface area contributed by atoms with Crippen molar-refractivity contribution in [2.45, 2.75) is 26.8 Å². The fraction of sp³-hybridized carbons (Fsp3) is 0.588. The molecule has 6 nitrogen and oxygen atoms in total. The maximum absolute atomic E-state index is 13.0. The van der Waals surface area contributed by atoms with Gasteiger partial charge in [-0.1, -0.05) is 12.1 Å². The standard InChI is InChI=1S/C17H29FN4O2S.HI/c1-5-19-17(20-12-7-13-22(4)25(23,24)6-2)21(3)14-15-8-10-16(18)11-9-15;/h8-11H,5-7,12-14H2,1-4H3,(H,19,20);1H. The van der Waals surface area contributed by atoms with Crippen LogP contribution in [-0.2, 0) is 16.6 Å². The van der Waals surface area contributed by atoms with E-state index in [0.717, 1.165) is 18.1 Å². The Hall–Kier alpha value is -0.940. The third-order valence-electron chi connectivity index (χ3n) is 3.76. The van der Waals surface area contributed by atoms with E-state index in [1.807, 2.05) is 18.9 Å². The summed E-state index contributed by atoms with van der Waals surface area (Å²) in [5, 5.41) is 3.21. The van der Waals surface area contributed by atoms with Crippen molar-refractivity contribution in [3.05, 3.63) is 35.6 Å². The van der Waals surface area contributed by atoms with Crippen molar-refractivity contribution in [2.75, 3.05) is 39.5 Å². The largest absolute Gasteiger partial charge is 0.357 e. The summed E-state index contributed by atoms with van der Waals surface area (Å²) in [4.78, 5) is 6.50. The average Bonchev–Trinajstić information content (AvgIpc) is 2.59. The van der Waals surface area contributed by atoms with Crippen LogP contribution in [0.5, 0.6) is 0 Å². The van der Waals surface area contributed by atoms with Crippen molar-refractivity contribution in [3.8, 4) is 0 Å². The molecule has 0 amide bonds. The van der Waals surface area contributed by atoms with E-state index in [1.165, 1.54) is 16.4 Å². The second-order valence-electron chi connectivity index (χ2n) is 5.79. The van der Waals surface area contributed by atoms with E-state index < -0.39 is 10.0 Å². The molecule has 0 aliphatic rings. The molecule has 0 fully saturated rings. The first-order valence-electron chi connectivity index (χ1n) is 8.48. The molecule has 150 valence electrons. The summed E-state index contributed by atoms with van der Waals surface area (Å²) in [5.74, 6) is 0.599. The van der Waals surface area contributed by atoms with E-state index in [0.29, 0.717) is 26.1 Å². The zero-order valence-electron chi connectivity index (χ0n) is 15.9. The molecule has 1 rings (SSSR count). The molecule has 1 N–H and O–H groups in total. The summed E-state index contributed by atoms with van der Waals surface area (Å²) in [6.07, 6.45) is 0.648. The smallest absolute Gasteiger partial charge is 0.213 e. The molecule has 0 atom stereocenters. The van der Waals surface area contributed by atoms with Crippen LogP contribution in [0.1, 0.15) is 25.8 Å². The monoisotopic (exact) mass is 500 g/mol. The molecule has 1 aromatic rings. The molecule has 26 heavy (non-hydrogen) atoms. The fourth-order valence-corrected chi connectivity index (χ4v) is 3.09. The Kier molecular flexibility index (Phi) is 12.0. The topological polar surface area (TPSA) is 65.0 Å². The fourth-order valence-electron chi connectivity index (χ4n) is 2.25. The number of guanidine groups is 1. The van der Waals surface area contributed by atoms with Crippen LogP contribution in [0.3, 0.4) is 0 Å². The van der Waals surface area contributed by atoms with Gasteiger partial charge in [0.05, 0.1) is 5.75 Å². The van der Waals surface area contributed by atoms with E-state index in [4.69, 9.17) is 0 Å². The van der Waals surface area contributed by atoms with Crippen LogP contribution in [0.25, 0.3) is 0 Å². The van der Waals surface area contributed by atoms with Gasteiger partial charge in [-0.05, 0) is 38.0 Å². The van der Waals surface area contributed by atoms with Gasteiger partial charge in [0.25, 0.3) is 0 Å². The maximum atomic E-state index is 13.0. The van der Waals surface area contributed by atoms with E-state index >= 15 is 0 Å². The highest BCUT2D eigenvalue weighted by molar-refractivity contribution is 14.0. The Morgan fingerprint density at radius 3 is 2.35 bits per heavy atom. The second kappa shape index (κ2) is 12.4. The highest BCUT2D eigenvalue weighted by atomic mass is 127. The van der Waals surface area contributed by atoms with Gasteiger partial charge in [-0.15, -0.1) is 24.0 Å². The molecular formula is C17H30FIN4O2S. The lowest BCUT2D eigenvalue weighted by Gasteiger charge is -2.22. The maximum Gasteiger partial charge on any atom is 0.213 e. The molecule has 0 saturated heterocycles. The number of hydrogen-bond acceptors (Lipinski definition) is 3. The van der Waals surface area contributed by atoms with Gasteiger partial charge in [0.2, 0.25) is 10.0 Å². The third kappa shape index (κ3) is 8.63. The number of sulfonamides is 1. The number of nitrogens with one attached hydrogen (secondary N) is 1. The lowest BCUT2D eigenvalue weighted by atomic mass is 10.2. The van der Waals surface area contributed by atoms with Crippen LogP contribution in [0.15, 0.2) is 29.3 Å². The first-order valence-corrected chi connectivity index (χ1v) is 10.1. The summed E-state index contributed by atoms with van der Waals surface area (Å²) in [6.45, 7) is 5.94. The van der Waals surface area contributed by atoms with Crippen LogP contribution in [0.2, 0.25) is 0 Å². The number of halogens is 2. The number of benzene rings is 1. The Labute approximate surface area is 173 Å².